The Kier molecular flexibility index (Phi) is 4.71. The zero-order valence-electron chi connectivity index (χ0n) is 15.3. The van der Waals surface area contributed by atoms with Gasteiger partial charge in [-0.15, -0.1) is 0 Å². The Bertz CT molecular complexity index is 1180. The van der Waals surface area contributed by atoms with Crippen molar-refractivity contribution in [2.45, 2.75) is 0 Å². The molecule has 0 fully saturated rings. The van der Waals surface area contributed by atoms with E-state index in [4.69, 9.17) is 31.8 Å². The van der Waals surface area contributed by atoms with Crippen molar-refractivity contribution >= 4 is 28.5 Å². The summed E-state index contributed by atoms with van der Waals surface area (Å²) in [6.07, 6.45) is 1.40. The molecule has 6 nitrogen and oxygen atoms in total. The molecule has 0 aliphatic heterocycles. The number of rotatable bonds is 4. The lowest BCUT2D eigenvalue weighted by Crippen LogP contribution is -1.99. The summed E-state index contributed by atoms with van der Waals surface area (Å²) in [4.78, 5) is 13.1. The molecule has 0 saturated carbocycles. The van der Waals surface area contributed by atoms with E-state index >= 15 is 0 Å². The highest BCUT2D eigenvalue weighted by Gasteiger charge is 2.17. The number of nitrogen functional groups attached to an aromatic ring is 1. The third kappa shape index (κ3) is 3.08. The van der Waals surface area contributed by atoms with Gasteiger partial charge in [0.1, 0.15) is 23.6 Å². The molecule has 2 aromatic carbocycles. The molecule has 0 aliphatic rings. The summed E-state index contributed by atoms with van der Waals surface area (Å²) in [6.45, 7) is 0. The first-order chi connectivity index (χ1) is 13.6. The molecular formula is C21H17ClN4O2. The standard InChI is InChI=1S/C21H17ClN4O2/c1-27-12-7-8-14(18(9-12)28-2)17-10-15(13-5-3-4-6-16(13)22)19-20(23)24-11-25-21(19)26-17/h3-11H,1-2H3,(H2,23,24,25,26). The van der Waals surface area contributed by atoms with Gasteiger partial charge in [-0.3, -0.25) is 0 Å². The van der Waals surface area contributed by atoms with Crippen LogP contribution in [0.4, 0.5) is 5.82 Å². The summed E-state index contributed by atoms with van der Waals surface area (Å²) in [7, 11) is 3.21. The first-order valence-corrected chi connectivity index (χ1v) is 8.88. The number of aromatic nitrogens is 3. The van der Waals surface area contributed by atoms with E-state index in [1.807, 2.05) is 48.5 Å². The maximum absolute atomic E-state index is 6.46. The van der Waals surface area contributed by atoms with Crippen molar-refractivity contribution in [1.82, 2.24) is 15.0 Å². The van der Waals surface area contributed by atoms with E-state index in [9.17, 15) is 0 Å². The Morgan fingerprint density at radius 1 is 0.893 bits per heavy atom. The fourth-order valence-electron chi connectivity index (χ4n) is 3.13. The predicted molar refractivity (Wildman–Crippen MR) is 111 cm³/mol. The van der Waals surface area contributed by atoms with E-state index in [1.54, 1.807) is 14.2 Å². The van der Waals surface area contributed by atoms with Gasteiger partial charge in [0.15, 0.2) is 5.65 Å². The van der Waals surface area contributed by atoms with Gasteiger partial charge in [0.05, 0.1) is 25.3 Å². The van der Waals surface area contributed by atoms with E-state index in [0.29, 0.717) is 39.1 Å². The van der Waals surface area contributed by atoms with Crippen molar-refractivity contribution in [3.63, 3.8) is 0 Å². The maximum atomic E-state index is 6.46. The van der Waals surface area contributed by atoms with Crippen LogP contribution in [0.5, 0.6) is 11.5 Å². The lowest BCUT2D eigenvalue weighted by Gasteiger charge is -2.14. The van der Waals surface area contributed by atoms with Gasteiger partial charge in [0.25, 0.3) is 0 Å². The van der Waals surface area contributed by atoms with Gasteiger partial charge in [-0.25, -0.2) is 15.0 Å². The van der Waals surface area contributed by atoms with Crippen LogP contribution in [0.25, 0.3) is 33.4 Å². The number of nitrogens with two attached hydrogens (primary N) is 1. The molecule has 0 unspecified atom stereocenters. The number of benzene rings is 2. The van der Waals surface area contributed by atoms with Gasteiger partial charge in [-0.1, -0.05) is 29.8 Å². The van der Waals surface area contributed by atoms with Crippen LogP contribution in [0.1, 0.15) is 0 Å². The fourth-order valence-corrected chi connectivity index (χ4v) is 3.37. The Labute approximate surface area is 166 Å². The second kappa shape index (κ2) is 7.32. The van der Waals surface area contributed by atoms with Crippen LogP contribution in [-0.2, 0) is 0 Å². The molecule has 28 heavy (non-hydrogen) atoms. The van der Waals surface area contributed by atoms with Gasteiger partial charge in [-0.2, -0.15) is 0 Å². The van der Waals surface area contributed by atoms with Crippen LogP contribution >= 0.6 is 11.6 Å². The van der Waals surface area contributed by atoms with Crippen LogP contribution in [0.15, 0.2) is 54.9 Å². The van der Waals surface area contributed by atoms with Gasteiger partial charge in [-0.05, 0) is 24.3 Å². The SMILES string of the molecule is COc1ccc(-c2cc(-c3ccccc3Cl)c3c(N)ncnc3n2)c(OC)c1. The Morgan fingerprint density at radius 3 is 2.46 bits per heavy atom. The summed E-state index contributed by atoms with van der Waals surface area (Å²) in [6, 6.07) is 15.0. The van der Waals surface area contributed by atoms with Gasteiger partial charge in [0.2, 0.25) is 0 Å². The minimum Gasteiger partial charge on any atom is -0.497 e. The second-order valence-corrected chi connectivity index (χ2v) is 6.47. The summed E-state index contributed by atoms with van der Waals surface area (Å²) in [5.41, 5.74) is 9.75. The monoisotopic (exact) mass is 392 g/mol. The van der Waals surface area contributed by atoms with Crippen LogP contribution in [-0.4, -0.2) is 29.2 Å². The van der Waals surface area contributed by atoms with Crippen molar-refractivity contribution in [3.8, 4) is 33.9 Å². The van der Waals surface area contributed by atoms with E-state index in [1.165, 1.54) is 6.33 Å². The Balaban J connectivity index is 2.04. The molecule has 0 radical (unpaired) electrons. The predicted octanol–water partition coefficient (Wildman–Crippen LogP) is 4.61. The molecule has 0 amide bonds. The third-order valence-electron chi connectivity index (χ3n) is 4.48. The maximum Gasteiger partial charge on any atom is 0.165 e. The average Bonchev–Trinajstić information content (AvgIpc) is 2.73. The smallest absolute Gasteiger partial charge is 0.165 e. The molecule has 4 rings (SSSR count). The van der Waals surface area contributed by atoms with Gasteiger partial charge < -0.3 is 15.2 Å². The highest BCUT2D eigenvalue weighted by atomic mass is 35.5. The molecule has 4 aromatic rings. The molecule has 0 bridgehead atoms. The van der Waals surface area contributed by atoms with E-state index in [0.717, 1.165) is 16.7 Å². The molecular weight excluding hydrogens is 376 g/mol. The van der Waals surface area contributed by atoms with Crippen LogP contribution in [0.3, 0.4) is 0 Å². The number of hydrogen-bond acceptors (Lipinski definition) is 6. The molecule has 2 aromatic heterocycles. The number of pyridine rings is 1. The molecule has 0 atom stereocenters. The number of hydrogen-bond donors (Lipinski definition) is 1. The summed E-state index contributed by atoms with van der Waals surface area (Å²) < 4.78 is 10.8. The number of anilines is 1. The Morgan fingerprint density at radius 2 is 1.71 bits per heavy atom. The van der Waals surface area contributed by atoms with E-state index < -0.39 is 0 Å². The van der Waals surface area contributed by atoms with Crippen LogP contribution in [0, 0.1) is 0 Å². The zero-order valence-corrected chi connectivity index (χ0v) is 16.1. The topological polar surface area (TPSA) is 83.2 Å². The fraction of sp³-hybridized carbons (Fsp3) is 0.0952. The third-order valence-corrected chi connectivity index (χ3v) is 4.81. The average molecular weight is 393 g/mol. The van der Waals surface area contributed by atoms with Gasteiger partial charge >= 0.3 is 0 Å². The molecule has 0 spiro atoms. The molecule has 2 N–H and O–H groups in total. The summed E-state index contributed by atoms with van der Waals surface area (Å²) >= 11 is 6.46. The molecule has 7 heteroatoms. The zero-order chi connectivity index (χ0) is 19.7. The van der Waals surface area contributed by atoms with Crippen molar-refractivity contribution in [2.75, 3.05) is 20.0 Å². The largest absolute Gasteiger partial charge is 0.497 e. The highest BCUT2D eigenvalue weighted by Crippen LogP contribution is 2.39. The van der Waals surface area contributed by atoms with Crippen LogP contribution < -0.4 is 15.2 Å². The first-order valence-electron chi connectivity index (χ1n) is 8.51. The van der Waals surface area contributed by atoms with Crippen molar-refractivity contribution < 1.29 is 9.47 Å². The van der Waals surface area contributed by atoms with Gasteiger partial charge in [0, 0.05) is 27.8 Å². The minimum atomic E-state index is 0.348. The van der Waals surface area contributed by atoms with E-state index in [2.05, 4.69) is 9.97 Å². The van der Waals surface area contributed by atoms with Crippen molar-refractivity contribution in [2.24, 2.45) is 0 Å². The van der Waals surface area contributed by atoms with E-state index in [-0.39, 0.29) is 0 Å². The molecule has 0 saturated heterocycles. The number of ether oxygens (including phenoxy) is 2. The highest BCUT2D eigenvalue weighted by molar-refractivity contribution is 6.33. The van der Waals surface area contributed by atoms with Crippen molar-refractivity contribution in [3.05, 3.63) is 59.9 Å². The number of methoxy groups -OCH3 is 2. The number of nitrogens with zero attached hydrogens (tertiary/aromatic N) is 3. The van der Waals surface area contributed by atoms with Crippen LogP contribution in [0.2, 0.25) is 5.02 Å². The lowest BCUT2D eigenvalue weighted by atomic mass is 9.99. The Hall–Kier alpha value is -3.38. The van der Waals surface area contributed by atoms with Crippen molar-refractivity contribution in [1.29, 1.82) is 0 Å². The quantitative estimate of drug-likeness (QED) is 0.546. The second-order valence-electron chi connectivity index (χ2n) is 6.06. The summed E-state index contributed by atoms with van der Waals surface area (Å²) in [5, 5.41) is 1.26. The summed E-state index contributed by atoms with van der Waals surface area (Å²) in [5.74, 6) is 1.68. The normalized spacial score (nSPS) is 10.8. The number of halogens is 1. The molecule has 140 valence electrons. The molecule has 0 aliphatic carbocycles. The molecule has 2 heterocycles. The number of fused-ring (bicyclic) bond motifs is 1. The first kappa shape index (κ1) is 18.0. The minimum absolute atomic E-state index is 0.348. The lowest BCUT2D eigenvalue weighted by molar-refractivity contribution is 0.395.